The smallest absolute Gasteiger partial charge is 0.228 e. The molecule has 0 bridgehead atoms. The van der Waals surface area contributed by atoms with Crippen LogP contribution >= 0.6 is 0 Å². The summed E-state index contributed by atoms with van der Waals surface area (Å²) in [4.78, 5) is 6.46. The van der Waals surface area contributed by atoms with Gasteiger partial charge in [0.25, 0.3) is 0 Å². The maximum Gasteiger partial charge on any atom is 0.228 e. The fraction of sp³-hybridized carbons (Fsp3) is 0.846. The van der Waals surface area contributed by atoms with E-state index in [2.05, 4.69) is 29.3 Å². The molecule has 0 aliphatic rings. The Morgan fingerprint density at radius 2 is 2.06 bits per heavy atom. The summed E-state index contributed by atoms with van der Waals surface area (Å²) < 4.78 is 5.29. The maximum absolute atomic E-state index is 5.29. The zero-order chi connectivity index (χ0) is 13.4. The normalized spacial score (nSPS) is 13.2. The molecule has 1 unspecified atom stereocenters. The van der Waals surface area contributed by atoms with E-state index in [1.54, 1.807) is 0 Å². The molecule has 0 amide bonds. The Balaban J connectivity index is 2.49. The van der Waals surface area contributed by atoms with Crippen LogP contribution in [0.3, 0.4) is 0 Å². The summed E-state index contributed by atoms with van der Waals surface area (Å²) in [5.41, 5.74) is 0. The number of nitrogens with one attached hydrogen (secondary N) is 1. The standard InChI is InChI=1S/C13H26N4O/c1-5-7-11(14-8-6-2)9-13-15-12(16-18-13)10-17(3)4/h11,14H,5-10H2,1-4H3. The molecule has 5 heteroatoms. The van der Waals surface area contributed by atoms with Gasteiger partial charge in [0, 0.05) is 12.5 Å². The van der Waals surface area contributed by atoms with Crippen LogP contribution in [0.4, 0.5) is 0 Å². The molecule has 1 N–H and O–H groups in total. The summed E-state index contributed by atoms with van der Waals surface area (Å²) >= 11 is 0. The van der Waals surface area contributed by atoms with E-state index in [-0.39, 0.29) is 0 Å². The lowest BCUT2D eigenvalue weighted by molar-refractivity contribution is 0.335. The molecule has 5 nitrogen and oxygen atoms in total. The second-order valence-electron chi connectivity index (χ2n) is 4.99. The zero-order valence-corrected chi connectivity index (χ0v) is 12.1. The molecule has 0 fully saturated rings. The second-order valence-corrected chi connectivity index (χ2v) is 4.99. The van der Waals surface area contributed by atoms with E-state index >= 15 is 0 Å². The average Bonchev–Trinajstić information content (AvgIpc) is 2.72. The first-order valence-electron chi connectivity index (χ1n) is 6.85. The van der Waals surface area contributed by atoms with Gasteiger partial charge >= 0.3 is 0 Å². The van der Waals surface area contributed by atoms with Crippen molar-refractivity contribution in [1.29, 1.82) is 0 Å². The Morgan fingerprint density at radius 1 is 1.28 bits per heavy atom. The van der Waals surface area contributed by atoms with Crippen molar-refractivity contribution in [2.75, 3.05) is 20.6 Å². The highest BCUT2D eigenvalue weighted by molar-refractivity contribution is 4.89. The van der Waals surface area contributed by atoms with Gasteiger partial charge in [0.1, 0.15) is 0 Å². The molecule has 1 aromatic rings. The Kier molecular flexibility index (Phi) is 6.90. The highest BCUT2D eigenvalue weighted by Gasteiger charge is 2.13. The predicted octanol–water partition coefficient (Wildman–Crippen LogP) is 1.84. The Labute approximate surface area is 110 Å². The van der Waals surface area contributed by atoms with E-state index in [0.29, 0.717) is 6.04 Å². The molecule has 1 atom stereocenters. The summed E-state index contributed by atoms with van der Waals surface area (Å²) in [6, 6.07) is 0.447. The third-order valence-electron chi connectivity index (χ3n) is 2.71. The minimum absolute atomic E-state index is 0.447. The molecule has 0 saturated heterocycles. The van der Waals surface area contributed by atoms with E-state index in [0.717, 1.165) is 44.1 Å². The van der Waals surface area contributed by atoms with E-state index in [1.807, 2.05) is 19.0 Å². The van der Waals surface area contributed by atoms with Gasteiger partial charge in [-0.1, -0.05) is 25.4 Å². The molecular formula is C13H26N4O. The molecule has 1 aromatic heterocycles. The van der Waals surface area contributed by atoms with Gasteiger partial charge in [-0.2, -0.15) is 4.98 Å². The summed E-state index contributed by atoms with van der Waals surface area (Å²) in [5.74, 6) is 1.51. The highest BCUT2D eigenvalue weighted by atomic mass is 16.5. The minimum Gasteiger partial charge on any atom is -0.339 e. The van der Waals surface area contributed by atoms with Crippen LogP contribution in [0.15, 0.2) is 4.52 Å². The summed E-state index contributed by atoms with van der Waals surface area (Å²) in [7, 11) is 4.00. The van der Waals surface area contributed by atoms with Crippen LogP contribution in [0.5, 0.6) is 0 Å². The number of hydrogen-bond acceptors (Lipinski definition) is 5. The van der Waals surface area contributed by atoms with Crippen LogP contribution in [0, 0.1) is 0 Å². The fourth-order valence-corrected chi connectivity index (χ4v) is 1.90. The van der Waals surface area contributed by atoms with Crippen molar-refractivity contribution < 1.29 is 4.52 Å². The molecule has 18 heavy (non-hydrogen) atoms. The van der Waals surface area contributed by atoms with Crippen molar-refractivity contribution in [1.82, 2.24) is 20.4 Å². The van der Waals surface area contributed by atoms with Gasteiger partial charge < -0.3 is 14.7 Å². The molecule has 0 saturated carbocycles. The molecular weight excluding hydrogens is 228 g/mol. The molecule has 0 aliphatic heterocycles. The van der Waals surface area contributed by atoms with Crippen LogP contribution in [-0.2, 0) is 13.0 Å². The van der Waals surface area contributed by atoms with Crippen molar-refractivity contribution in [3.63, 3.8) is 0 Å². The van der Waals surface area contributed by atoms with Gasteiger partial charge in [-0.25, -0.2) is 0 Å². The summed E-state index contributed by atoms with van der Waals surface area (Å²) in [6.45, 7) is 6.15. The SMILES string of the molecule is CCCNC(CCC)Cc1nc(CN(C)C)no1. The van der Waals surface area contributed by atoms with Gasteiger partial charge in [-0.3, -0.25) is 0 Å². The Bertz CT molecular complexity index is 325. The third kappa shape index (κ3) is 5.60. The Morgan fingerprint density at radius 3 is 2.67 bits per heavy atom. The molecule has 1 heterocycles. The van der Waals surface area contributed by atoms with Gasteiger partial charge in [0.05, 0.1) is 6.54 Å². The lowest BCUT2D eigenvalue weighted by Gasteiger charge is -2.15. The molecule has 1 rings (SSSR count). The topological polar surface area (TPSA) is 54.2 Å². The van der Waals surface area contributed by atoms with Crippen molar-refractivity contribution in [2.24, 2.45) is 0 Å². The monoisotopic (exact) mass is 254 g/mol. The van der Waals surface area contributed by atoms with Gasteiger partial charge in [0.2, 0.25) is 5.89 Å². The predicted molar refractivity (Wildman–Crippen MR) is 72.4 cm³/mol. The van der Waals surface area contributed by atoms with E-state index in [4.69, 9.17) is 4.52 Å². The number of aromatic nitrogens is 2. The number of rotatable bonds is 9. The molecule has 0 aromatic carbocycles. The first-order valence-corrected chi connectivity index (χ1v) is 6.85. The Hall–Kier alpha value is -0.940. The molecule has 0 radical (unpaired) electrons. The van der Waals surface area contributed by atoms with Crippen LogP contribution in [0.2, 0.25) is 0 Å². The number of nitrogens with zero attached hydrogens (tertiary/aromatic N) is 3. The van der Waals surface area contributed by atoms with Crippen LogP contribution in [0.25, 0.3) is 0 Å². The van der Waals surface area contributed by atoms with E-state index < -0.39 is 0 Å². The fourth-order valence-electron chi connectivity index (χ4n) is 1.90. The van der Waals surface area contributed by atoms with E-state index in [9.17, 15) is 0 Å². The highest BCUT2D eigenvalue weighted by Crippen LogP contribution is 2.07. The second kappa shape index (κ2) is 8.21. The van der Waals surface area contributed by atoms with Crippen molar-refractivity contribution in [2.45, 2.75) is 52.1 Å². The molecule has 104 valence electrons. The van der Waals surface area contributed by atoms with Gasteiger partial charge in [-0.15, -0.1) is 0 Å². The van der Waals surface area contributed by atoms with Crippen LogP contribution < -0.4 is 5.32 Å². The first kappa shape index (κ1) is 15.1. The van der Waals surface area contributed by atoms with Crippen molar-refractivity contribution in [3.05, 3.63) is 11.7 Å². The summed E-state index contributed by atoms with van der Waals surface area (Å²) in [6.07, 6.45) is 4.29. The van der Waals surface area contributed by atoms with E-state index in [1.165, 1.54) is 6.42 Å². The zero-order valence-electron chi connectivity index (χ0n) is 12.1. The lowest BCUT2D eigenvalue weighted by Crippen LogP contribution is -2.31. The van der Waals surface area contributed by atoms with Gasteiger partial charge in [0.15, 0.2) is 5.82 Å². The summed E-state index contributed by atoms with van der Waals surface area (Å²) in [5, 5.41) is 7.52. The van der Waals surface area contributed by atoms with Crippen LogP contribution in [-0.4, -0.2) is 41.7 Å². The quantitative estimate of drug-likeness (QED) is 0.729. The largest absolute Gasteiger partial charge is 0.339 e. The van der Waals surface area contributed by atoms with Gasteiger partial charge in [-0.05, 0) is 33.5 Å². The molecule has 0 spiro atoms. The third-order valence-corrected chi connectivity index (χ3v) is 2.71. The first-order chi connectivity index (χ1) is 8.65. The molecule has 0 aliphatic carbocycles. The number of hydrogen-bond donors (Lipinski definition) is 1. The lowest BCUT2D eigenvalue weighted by atomic mass is 10.1. The van der Waals surface area contributed by atoms with Crippen molar-refractivity contribution in [3.8, 4) is 0 Å². The average molecular weight is 254 g/mol. The van der Waals surface area contributed by atoms with Crippen molar-refractivity contribution >= 4 is 0 Å². The maximum atomic E-state index is 5.29. The minimum atomic E-state index is 0.447. The van der Waals surface area contributed by atoms with Crippen LogP contribution in [0.1, 0.15) is 44.8 Å².